The number of rotatable bonds is 5. The molecule has 0 fully saturated rings. The summed E-state index contributed by atoms with van der Waals surface area (Å²) in [4.78, 5) is 4.36. The molecule has 0 radical (unpaired) electrons. The van der Waals surface area contributed by atoms with E-state index in [1.54, 1.807) is 0 Å². The molecule has 110 valence electrons. The van der Waals surface area contributed by atoms with Gasteiger partial charge in [0.2, 0.25) is 0 Å². The summed E-state index contributed by atoms with van der Waals surface area (Å²) >= 11 is 0. The highest BCUT2D eigenvalue weighted by molar-refractivity contribution is 5.41. The van der Waals surface area contributed by atoms with Crippen molar-refractivity contribution in [3.63, 3.8) is 0 Å². The van der Waals surface area contributed by atoms with Crippen LogP contribution in [0.3, 0.4) is 0 Å². The van der Waals surface area contributed by atoms with Crippen molar-refractivity contribution in [3.8, 4) is 5.75 Å². The summed E-state index contributed by atoms with van der Waals surface area (Å²) in [6, 6.07) is 13.0. The number of aromatic nitrogens is 1. The molecule has 0 amide bonds. The van der Waals surface area contributed by atoms with Crippen molar-refractivity contribution >= 4 is 0 Å². The van der Waals surface area contributed by atoms with Gasteiger partial charge in [0.1, 0.15) is 11.9 Å². The molecule has 3 heteroatoms. The number of hydrogen-bond donors (Lipinski definition) is 1. The molecule has 0 bridgehead atoms. The van der Waals surface area contributed by atoms with Crippen molar-refractivity contribution in [1.29, 1.82) is 0 Å². The number of benzene rings is 1. The highest BCUT2D eigenvalue weighted by Gasteiger charge is 2.20. The van der Waals surface area contributed by atoms with Gasteiger partial charge in [-0.15, -0.1) is 0 Å². The Morgan fingerprint density at radius 1 is 1.33 bits per heavy atom. The molecule has 0 saturated carbocycles. The molecule has 1 aromatic carbocycles. The van der Waals surface area contributed by atoms with Gasteiger partial charge in [0.25, 0.3) is 0 Å². The molecule has 1 aliphatic rings. The van der Waals surface area contributed by atoms with Gasteiger partial charge >= 0.3 is 0 Å². The van der Waals surface area contributed by atoms with E-state index in [0.717, 1.165) is 30.8 Å². The highest BCUT2D eigenvalue weighted by atomic mass is 16.5. The Morgan fingerprint density at radius 2 is 2.24 bits per heavy atom. The average molecular weight is 282 g/mol. The van der Waals surface area contributed by atoms with Crippen molar-refractivity contribution in [3.05, 3.63) is 59.4 Å². The SMILES string of the molecule is CC[C@@H](NCc1ccccn1)c1ccc2c(c1)C[C@@H](C)O2. The molecular formula is C18H22N2O. The molecule has 3 nitrogen and oxygen atoms in total. The lowest BCUT2D eigenvalue weighted by Gasteiger charge is -2.18. The van der Waals surface area contributed by atoms with Gasteiger partial charge in [-0.2, -0.15) is 0 Å². The van der Waals surface area contributed by atoms with E-state index in [1.807, 2.05) is 18.3 Å². The summed E-state index contributed by atoms with van der Waals surface area (Å²) in [5.74, 6) is 1.05. The van der Waals surface area contributed by atoms with Crippen LogP contribution in [0.15, 0.2) is 42.6 Å². The molecule has 0 spiro atoms. The topological polar surface area (TPSA) is 34.2 Å². The Morgan fingerprint density at radius 3 is 3.00 bits per heavy atom. The molecule has 1 aromatic heterocycles. The third-order valence-corrected chi connectivity index (χ3v) is 3.99. The van der Waals surface area contributed by atoms with Gasteiger partial charge in [-0.05, 0) is 42.7 Å². The normalized spacial score (nSPS) is 18.1. The van der Waals surface area contributed by atoms with Crippen LogP contribution in [-0.2, 0) is 13.0 Å². The van der Waals surface area contributed by atoms with Crippen molar-refractivity contribution in [1.82, 2.24) is 10.3 Å². The first kappa shape index (κ1) is 14.1. The van der Waals surface area contributed by atoms with E-state index in [9.17, 15) is 0 Å². The first-order chi connectivity index (χ1) is 10.3. The lowest BCUT2D eigenvalue weighted by Crippen LogP contribution is -2.20. The quantitative estimate of drug-likeness (QED) is 0.909. The van der Waals surface area contributed by atoms with E-state index in [1.165, 1.54) is 11.1 Å². The molecule has 2 atom stereocenters. The van der Waals surface area contributed by atoms with Gasteiger partial charge in [0.05, 0.1) is 5.69 Å². The van der Waals surface area contributed by atoms with E-state index in [-0.39, 0.29) is 0 Å². The smallest absolute Gasteiger partial charge is 0.123 e. The lowest BCUT2D eigenvalue weighted by atomic mass is 10.00. The third-order valence-electron chi connectivity index (χ3n) is 3.99. The van der Waals surface area contributed by atoms with E-state index < -0.39 is 0 Å². The second-order valence-corrected chi connectivity index (χ2v) is 5.66. The average Bonchev–Trinajstić information content (AvgIpc) is 2.88. The van der Waals surface area contributed by atoms with E-state index in [2.05, 4.69) is 48.4 Å². The Labute approximate surface area is 126 Å². The van der Waals surface area contributed by atoms with Crippen LogP contribution in [0.5, 0.6) is 5.75 Å². The first-order valence-corrected chi connectivity index (χ1v) is 7.69. The fraction of sp³-hybridized carbons (Fsp3) is 0.389. The molecule has 21 heavy (non-hydrogen) atoms. The zero-order valence-corrected chi connectivity index (χ0v) is 12.7. The summed E-state index contributed by atoms with van der Waals surface area (Å²) in [6.45, 7) is 5.13. The number of nitrogens with one attached hydrogen (secondary N) is 1. The number of ether oxygens (including phenoxy) is 1. The molecule has 3 rings (SSSR count). The Kier molecular flexibility index (Phi) is 4.20. The summed E-state index contributed by atoms with van der Waals surface area (Å²) in [7, 11) is 0. The summed E-state index contributed by atoms with van der Waals surface area (Å²) in [5.41, 5.74) is 3.75. The molecule has 0 saturated heterocycles. The maximum atomic E-state index is 5.77. The zero-order chi connectivity index (χ0) is 14.7. The molecule has 2 heterocycles. The predicted octanol–water partition coefficient (Wildman–Crippen LogP) is 3.65. The Hall–Kier alpha value is -1.87. The van der Waals surface area contributed by atoms with Crippen LogP contribution in [-0.4, -0.2) is 11.1 Å². The minimum atomic E-state index is 0.303. The maximum absolute atomic E-state index is 5.77. The van der Waals surface area contributed by atoms with E-state index in [0.29, 0.717) is 12.1 Å². The third kappa shape index (κ3) is 3.24. The number of hydrogen-bond acceptors (Lipinski definition) is 3. The minimum absolute atomic E-state index is 0.303. The van der Waals surface area contributed by atoms with Crippen molar-refractivity contribution in [2.45, 2.75) is 45.4 Å². The van der Waals surface area contributed by atoms with Crippen molar-refractivity contribution in [2.24, 2.45) is 0 Å². The van der Waals surface area contributed by atoms with Crippen LogP contribution in [0.1, 0.15) is 43.1 Å². The summed E-state index contributed by atoms with van der Waals surface area (Å²) in [6.07, 6.45) is 4.21. The van der Waals surface area contributed by atoms with Gasteiger partial charge in [0, 0.05) is 25.2 Å². The van der Waals surface area contributed by atoms with Crippen LogP contribution in [0.2, 0.25) is 0 Å². The molecule has 0 unspecified atom stereocenters. The Balaban J connectivity index is 1.70. The standard InChI is InChI=1S/C18H22N2O/c1-3-17(20-12-16-6-4-5-9-19-16)14-7-8-18-15(11-14)10-13(2)21-18/h4-9,11,13,17,20H,3,10,12H2,1-2H3/t13-,17-/m1/s1. The summed E-state index contributed by atoms with van der Waals surface area (Å²) in [5, 5.41) is 3.60. The highest BCUT2D eigenvalue weighted by Crippen LogP contribution is 2.31. The first-order valence-electron chi connectivity index (χ1n) is 7.69. The molecule has 1 N–H and O–H groups in total. The van der Waals surface area contributed by atoms with Crippen molar-refractivity contribution in [2.75, 3.05) is 0 Å². The van der Waals surface area contributed by atoms with Crippen molar-refractivity contribution < 1.29 is 4.74 Å². The zero-order valence-electron chi connectivity index (χ0n) is 12.7. The molecule has 0 aliphatic carbocycles. The van der Waals surface area contributed by atoms with Crippen LogP contribution >= 0.6 is 0 Å². The van der Waals surface area contributed by atoms with Gasteiger partial charge in [-0.3, -0.25) is 4.98 Å². The molecule has 1 aliphatic heterocycles. The fourth-order valence-corrected chi connectivity index (χ4v) is 2.89. The van der Waals surface area contributed by atoms with Gasteiger partial charge in [-0.1, -0.05) is 25.1 Å². The van der Waals surface area contributed by atoms with Gasteiger partial charge in [0.15, 0.2) is 0 Å². The molecule has 2 aromatic rings. The summed E-state index contributed by atoms with van der Waals surface area (Å²) < 4.78 is 5.77. The van der Waals surface area contributed by atoms with Crippen LogP contribution < -0.4 is 10.1 Å². The van der Waals surface area contributed by atoms with Crippen LogP contribution in [0, 0.1) is 0 Å². The minimum Gasteiger partial charge on any atom is -0.490 e. The second kappa shape index (κ2) is 6.27. The predicted molar refractivity (Wildman–Crippen MR) is 84.3 cm³/mol. The maximum Gasteiger partial charge on any atom is 0.123 e. The second-order valence-electron chi connectivity index (χ2n) is 5.66. The monoisotopic (exact) mass is 282 g/mol. The molecular weight excluding hydrogens is 260 g/mol. The number of fused-ring (bicyclic) bond motifs is 1. The Bertz CT molecular complexity index is 597. The van der Waals surface area contributed by atoms with Gasteiger partial charge in [-0.25, -0.2) is 0 Å². The van der Waals surface area contributed by atoms with Gasteiger partial charge < -0.3 is 10.1 Å². The lowest BCUT2D eigenvalue weighted by molar-refractivity contribution is 0.254. The fourth-order valence-electron chi connectivity index (χ4n) is 2.89. The van der Waals surface area contributed by atoms with Crippen LogP contribution in [0.4, 0.5) is 0 Å². The largest absolute Gasteiger partial charge is 0.490 e. The number of pyridine rings is 1. The van der Waals surface area contributed by atoms with E-state index >= 15 is 0 Å². The van der Waals surface area contributed by atoms with E-state index in [4.69, 9.17) is 4.74 Å². The number of nitrogens with zero attached hydrogens (tertiary/aromatic N) is 1. The van der Waals surface area contributed by atoms with Crippen LogP contribution in [0.25, 0.3) is 0 Å².